The summed E-state index contributed by atoms with van der Waals surface area (Å²) >= 11 is 0. The number of nitrogens with zero attached hydrogens (tertiary/aromatic N) is 1. The molecular formula is C19H32N2. The van der Waals surface area contributed by atoms with Crippen molar-refractivity contribution in [1.29, 1.82) is 0 Å². The van der Waals surface area contributed by atoms with Crippen LogP contribution in [0.4, 0.5) is 0 Å². The van der Waals surface area contributed by atoms with E-state index < -0.39 is 0 Å². The molecule has 1 N–H and O–H groups in total. The van der Waals surface area contributed by atoms with E-state index in [1.165, 1.54) is 49.0 Å². The molecule has 118 valence electrons. The molecule has 1 aliphatic rings. The quantitative estimate of drug-likeness (QED) is 0.878. The molecule has 0 saturated carbocycles. The summed E-state index contributed by atoms with van der Waals surface area (Å²) in [5.41, 5.74) is 4.20. The number of hydrogen-bond acceptors (Lipinski definition) is 2. The molecule has 21 heavy (non-hydrogen) atoms. The first kappa shape index (κ1) is 16.5. The summed E-state index contributed by atoms with van der Waals surface area (Å²) in [5, 5.41) is 3.69. The van der Waals surface area contributed by atoms with Crippen molar-refractivity contribution in [2.24, 2.45) is 5.92 Å². The Labute approximate surface area is 130 Å². The molecule has 1 aromatic carbocycles. The van der Waals surface area contributed by atoms with Crippen LogP contribution in [-0.4, -0.2) is 31.1 Å². The average Bonchev–Trinajstić information content (AvgIpc) is 2.62. The van der Waals surface area contributed by atoms with Crippen molar-refractivity contribution in [3.05, 3.63) is 34.9 Å². The molecule has 2 rings (SSSR count). The lowest BCUT2D eigenvalue weighted by molar-refractivity contribution is 0.249. The Balaban J connectivity index is 2.07. The van der Waals surface area contributed by atoms with Gasteiger partial charge in [-0.1, -0.05) is 43.2 Å². The maximum Gasteiger partial charge on any atom is 0.0449 e. The van der Waals surface area contributed by atoms with Gasteiger partial charge in [0.2, 0.25) is 0 Å². The Hall–Kier alpha value is -0.860. The SMILES string of the molecule is CCNC(CN1CCCC(C)CC1)c1cc(C)cc(C)c1. The van der Waals surface area contributed by atoms with Crippen LogP contribution in [0.25, 0.3) is 0 Å². The van der Waals surface area contributed by atoms with E-state index in [0.29, 0.717) is 6.04 Å². The highest BCUT2D eigenvalue weighted by atomic mass is 15.1. The molecule has 0 bridgehead atoms. The standard InChI is InChI=1S/C19H32N2/c1-5-20-19(18-12-16(3)11-17(4)13-18)14-21-9-6-7-15(2)8-10-21/h11-13,15,19-20H,5-10,14H2,1-4H3. The second kappa shape index (κ2) is 7.95. The van der Waals surface area contributed by atoms with Crippen LogP contribution in [0.1, 0.15) is 55.8 Å². The van der Waals surface area contributed by atoms with Gasteiger partial charge in [0, 0.05) is 12.6 Å². The lowest BCUT2D eigenvalue weighted by atomic mass is 10.0. The highest BCUT2D eigenvalue weighted by Gasteiger charge is 2.19. The fraction of sp³-hybridized carbons (Fsp3) is 0.684. The van der Waals surface area contributed by atoms with E-state index in [2.05, 4.69) is 56.1 Å². The fourth-order valence-electron chi connectivity index (χ4n) is 3.51. The predicted octanol–water partition coefficient (Wildman–Crippen LogP) is 4.08. The van der Waals surface area contributed by atoms with Crippen LogP contribution in [-0.2, 0) is 0 Å². The lowest BCUT2D eigenvalue weighted by Crippen LogP contribution is -2.36. The summed E-state index contributed by atoms with van der Waals surface area (Å²) in [6.07, 6.45) is 4.10. The molecule has 0 aromatic heterocycles. The minimum atomic E-state index is 0.460. The molecular weight excluding hydrogens is 256 g/mol. The van der Waals surface area contributed by atoms with Gasteiger partial charge in [-0.05, 0) is 64.2 Å². The van der Waals surface area contributed by atoms with Crippen molar-refractivity contribution in [2.45, 2.75) is 53.0 Å². The van der Waals surface area contributed by atoms with Gasteiger partial charge in [-0.25, -0.2) is 0 Å². The van der Waals surface area contributed by atoms with Gasteiger partial charge in [-0.2, -0.15) is 0 Å². The molecule has 0 aliphatic carbocycles. The van der Waals surface area contributed by atoms with Gasteiger partial charge in [0.05, 0.1) is 0 Å². The molecule has 2 atom stereocenters. The third kappa shape index (κ3) is 5.12. The topological polar surface area (TPSA) is 15.3 Å². The van der Waals surface area contributed by atoms with Crippen LogP contribution >= 0.6 is 0 Å². The summed E-state index contributed by atoms with van der Waals surface area (Å²) in [4.78, 5) is 2.66. The highest BCUT2D eigenvalue weighted by Crippen LogP contribution is 2.21. The maximum absolute atomic E-state index is 3.69. The zero-order valence-corrected chi connectivity index (χ0v) is 14.3. The molecule has 2 heteroatoms. The minimum Gasteiger partial charge on any atom is -0.309 e. The van der Waals surface area contributed by atoms with E-state index in [9.17, 15) is 0 Å². The van der Waals surface area contributed by atoms with Gasteiger partial charge in [0.15, 0.2) is 0 Å². The van der Waals surface area contributed by atoms with Crippen molar-refractivity contribution in [1.82, 2.24) is 10.2 Å². The number of likely N-dealkylation sites (tertiary alicyclic amines) is 1. The molecule has 1 aliphatic heterocycles. The first-order valence-electron chi connectivity index (χ1n) is 8.62. The maximum atomic E-state index is 3.69. The molecule has 1 saturated heterocycles. The zero-order chi connectivity index (χ0) is 15.2. The van der Waals surface area contributed by atoms with Crippen LogP contribution in [0.5, 0.6) is 0 Å². The third-order valence-corrected chi connectivity index (χ3v) is 4.65. The van der Waals surface area contributed by atoms with E-state index in [1.54, 1.807) is 0 Å². The normalized spacial score (nSPS) is 22.0. The van der Waals surface area contributed by atoms with E-state index in [4.69, 9.17) is 0 Å². The summed E-state index contributed by atoms with van der Waals surface area (Å²) in [5.74, 6) is 0.897. The number of nitrogens with one attached hydrogen (secondary N) is 1. The largest absolute Gasteiger partial charge is 0.309 e. The molecule has 0 spiro atoms. The van der Waals surface area contributed by atoms with E-state index in [1.807, 2.05) is 0 Å². The molecule has 0 amide bonds. The van der Waals surface area contributed by atoms with Crippen molar-refractivity contribution >= 4 is 0 Å². The van der Waals surface area contributed by atoms with Crippen LogP contribution < -0.4 is 5.32 Å². The van der Waals surface area contributed by atoms with Crippen LogP contribution in [0.2, 0.25) is 0 Å². The number of benzene rings is 1. The second-order valence-electron chi connectivity index (χ2n) is 6.87. The van der Waals surface area contributed by atoms with Crippen molar-refractivity contribution < 1.29 is 0 Å². The Morgan fingerprint density at radius 3 is 2.52 bits per heavy atom. The summed E-state index contributed by atoms with van der Waals surface area (Å²) in [6, 6.07) is 7.42. The van der Waals surface area contributed by atoms with Crippen LogP contribution in [0.15, 0.2) is 18.2 Å². The number of aryl methyl sites for hydroxylation is 2. The van der Waals surface area contributed by atoms with Gasteiger partial charge < -0.3 is 10.2 Å². The fourth-order valence-corrected chi connectivity index (χ4v) is 3.51. The summed E-state index contributed by atoms with van der Waals surface area (Å²) < 4.78 is 0. The van der Waals surface area contributed by atoms with Crippen LogP contribution in [0, 0.1) is 19.8 Å². The molecule has 1 aromatic rings. The average molecular weight is 288 g/mol. The molecule has 0 radical (unpaired) electrons. The molecule has 2 nitrogen and oxygen atoms in total. The lowest BCUT2D eigenvalue weighted by Gasteiger charge is -2.27. The number of hydrogen-bond donors (Lipinski definition) is 1. The van der Waals surface area contributed by atoms with Crippen molar-refractivity contribution in [3.8, 4) is 0 Å². The van der Waals surface area contributed by atoms with E-state index in [-0.39, 0.29) is 0 Å². The summed E-state index contributed by atoms with van der Waals surface area (Å²) in [7, 11) is 0. The second-order valence-corrected chi connectivity index (χ2v) is 6.87. The Morgan fingerprint density at radius 2 is 1.86 bits per heavy atom. The number of rotatable bonds is 5. The predicted molar refractivity (Wildman–Crippen MR) is 91.8 cm³/mol. The van der Waals surface area contributed by atoms with Crippen molar-refractivity contribution in [3.63, 3.8) is 0 Å². The minimum absolute atomic E-state index is 0.460. The van der Waals surface area contributed by atoms with Gasteiger partial charge in [0.25, 0.3) is 0 Å². The Morgan fingerprint density at radius 1 is 1.14 bits per heavy atom. The van der Waals surface area contributed by atoms with Crippen LogP contribution in [0.3, 0.4) is 0 Å². The molecule has 1 heterocycles. The van der Waals surface area contributed by atoms with Gasteiger partial charge in [0.1, 0.15) is 0 Å². The van der Waals surface area contributed by atoms with Crippen molar-refractivity contribution in [2.75, 3.05) is 26.2 Å². The monoisotopic (exact) mass is 288 g/mol. The van der Waals surface area contributed by atoms with E-state index >= 15 is 0 Å². The zero-order valence-electron chi connectivity index (χ0n) is 14.3. The smallest absolute Gasteiger partial charge is 0.0449 e. The Kier molecular flexibility index (Phi) is 6.25. The first-order valence-corrected chi connectivity index (χ1v) is 8.62. The van der Waals surface area contributed by atoms with Gasteiger partial charge in [-0.3, -0.25) is 0 Å². The highest BCUT2D eigenvalue weighted by molar-refractivity contribution is 5.31. The third-order valence-electron chi connectivity index (χ3n) is 4.65. The van der Waals surface area contributed by atoms with Gasteiger partial charge in [-0.15, -0.1) is 0 Å². The van der Waals surface area contributed by atoms with E-state index in [0.717, 1.165) is 19.0 Å². The first-order chi connectivity index (χ1) is 10.1. The van der Waals surface area contributed by atoms with Gasteiger partial charge >= 0.3 is 0 Å². The Bertz CT molecular complexity index is 421. The molecule has 1 fully saturated rings. The number of likely N-dealkylation sites (N-methyl/N-ethyl adjacent to an activating group) is 1. The summed E-state index contributed by atoms with van der Waals surface area (Å²) in [6.45, 7) is 13.7. The molecule has 2 unspecified atom stereocenters.